The number of benzene rings is 1. The molecule has 4 unspecified atom stereocenters. The van der Waals surface area contributed by atoms with Crippen molar-refractivity contribution < 1.29 is 13.2 Å². The Hall–Kier alpha value is -0.910. The molecule has 1 aromatic rings. The van der Waals surface area contributed by atoms with E-state index >= 15 is 0 Å². The molecule has 0 spiro atoms. The lowest BCUT2D eigenvalue weighted by Crippen LogP contribution is -2.41. The minimum atomic E-state index is -3.69. The molecular weight excluding hydrogens is 479 g/mol. The van der Waals surface area contributed by atoms with Crippen LogP contribution in [-0.4, -0.2) is 51.1 Å². The highest BCUT2D eigenvalue weighted by Crippen LogP contribution is 2.47. The van der Waals surface area contributed by atoms with Gasteiger partial charge in [0.05, 0.1) is 23.6 Å². The summed E-state index contributed by atoms with van der Waals surface area (Å²) in [6, 6.07) is 6.67. The van der Waals surface area contributed by atoms with E-state index in [0.29, 0.717) is 30.6 Å². The van der Waals surface area contributed by atoms with E-state index in [9.17, 15) is 8.42 Å². The third-order valence-corrected chi connectivity index (χ3v) is 6.64. The number of primary sulfonamides is 1. The van der Waals surface area contributed by atoms with Gasteiger partial charge in [0.2, 0.25) is 10.0 Å². The first-order valence-electron chi connectivity index (χ1n) is 9.26. The largest absolute Gasteiger partial charge is 0.374 e. The Morgan fingerprint density at radius 1 is 1.30 bits per heavy atom. The summed E-state index contributed by atoms with van der Waals surface area (Å²) in [5.74, 6) is 2.12. The molecule has 0 radical (unpaired) electrons. The first-order chi connectivity index (χ1) is 12.5. The Morgan fingerprint density at radius 2 is 1.96 bits per heavy atom. The number of likely N-dealkylation sites (tertiary alicyclic amines) is 1. The molecule has 1 aromatic carbocycles. The van der Waals surface area contributed by atoms with Crippen molar-refractivity contribution in [2.45, 2.75) is 43.4 Å². The topological polar surface area (TPSA) is 97.0 Å². The molecule has 0 aliphatic carbocycles. The number of guanidine groups is 1. The zero-order chi connectivity index (χ0) is 18.3. The summed E-state index contributed by atoms with van der Waals surface area (Å²) in [6.45, 7) is 5.23. The van der Waals surface area contributed by atoms with Gasteiger partial charge in [-0.25, -0.2) is 18.5 Å². The maximum Gasteiger partial charge on any atom is 0.238 e. The molecule has 3 aliphatic heterocycles. The number of hydrogen-bond donors (Lipinski definition) is 2. The van der Waals surface area contributed by atoms with Gasteiger partial charge in [0.1, 0.15) is 0 Å². The monoisotopic (exact) mass is 506 g/mol. The molecule has 0 amide bonds. The van der Waals surface area contributed by atoms with Gasteiger partial charge in [-0.15, -0.1) is 24.0 Å². The van der Waals surface area contributed by atoms with Gasteiger partial charge in [0, 0.05) is 31.5 Å². The number of fused-ring (bicyclic) bond motifs is 5. The van der Waals surface area contributed by atoms with E-state index in [1.807, 2.05) is 6.07 Å². The first-order valence-corrected chi connectivity index (χ1v) is 10.8. The third kappa shape index (κ3) is 4.25. The zero-order valence-corrected chi connectivity index (χ0v) is 18.5. The van der Waals surface area contributed by atoms with Crippen LogP contribution >= 0.6 is 24.0 Å². The average Bonchev–Trinajstić information content (AvgIpc) is 3.30. The normalized spacial score (nSPS) is 29.6. The molecule has 3 saturated heterocycles. The first kappa shape index (κ1) is 20.8. The van der Waals surface area contributed by atoms with Crippen LogP contribution in [0.4, 0.5) is 0 Å². The summed E-state index contributed by atoms with van der Waals surface area (Å²) in [5, 5.41) is 8.59. The SMILES string of the molecule is CCNC(=NCc1cccc(S(N)(=O)=O)c1)N1CC2C3CCC(O3)C2C1.I. The number of ether oxygens (including phenoxy) is 1. The lowest BCUT2D eigenvalue weighted by atomic mass is 9.82. The Kier molecular flexibility index (Phi) is 6.34. The van der Waals surface area contributed by atoms with Crippen LogP contribution in [0, 0.1) is 11.8 Å². The molecule has 0 saturated carbocycles. The van der Waals surface area contributed by atoms with Crippen molar-refractivity contribution in [3.8, 4) is 0 Å². The number of rotatable bonds is 4. The van der Waals surface area contributed by atoms with Crippen molar-refractivity contribution in [3.63, 3.8) is 0 Å². The molecular formula is C18H27IN4O3S. The molecule has 3 aliphatic rings. The number of halogens is 1. The van der Waals surface area contributed by atoms with Gasteiger partial charge in [0.15, 0.2) is 5.96 Å². The molecule has 0 aromatic heterocycles. The van der Waals surface area contributed by atoms with Crippen LogP contribution in [0.5, 0.6) is 0 Å². The van der Waals surface area contributed by atoms with Gasteiger partial charge in [0.25, 0.3) is 0 Å². The van der Waals surface area contributed by atoms with Gasteiger partial charge < -0.3 is 15.0 Å². The highest BCUT2D eigenvalue weighted by Gasteiger charge is 2.53. The van der Waals surface area contributed by atoms with Crippen molar-refractivity contribution in [2.75, 3.05) is 19.6 Å². The molecule has 3 heterocycles. The van der Waals surface area contributed by atoms with Crippen molar-refractivity contribution in [2.24, 2.45) is 22.0 Å². The molecule has 4 atom stereocenters. The predicted molar refractivity (Wildman–Crippen MR) is 114 cm³/mol. The second kappa shape index (κ2) is 8.22. The van der Waals surface area contributed by atoms with Gasteiger partial charge in [-0.05, 0) is 37.5 Å². The fourth-order valence-electron chi connectivity index (χ4n) is 4.55. The van der Waals surface area contributed by atoms with Crippen LogP contribution in [-0.2, 0) is 21.3 Å². The molecule has 7 nitrogen and oxygen atoms in total. The van der Waals surface area contributed by atoms with Gasteiger partial charge in [-0.3, -0.25) is 0 Å². The van der Waals surface area contributed by atoms with Crippen molar-refractivity contribution >= 4 is 40.0 Å². The highest BCUT2D eigenvalue weighted by atomic mass is 127. The van der Waals surface area contributed by atoms with Gasteiger partial charge >= 0.3 is 0 Å². The standard InChI is InChI=1S/C18H26N4O3S.HI/c1-2-20-18(21-9-12-4-3-5-13(8-12)26(19,23)24)22-10-14-15(11-22)17-7-6-16(14)25-17;/h3-5,8,14-17H,2,6-7,9-11H2,1H3,(H,20,21)(H2,19,23,24);1H. The van der Waals surface area contributed by atoms with E-state index in [2.05, 4.69) is 17.1 Å². The summed E-state index contributed by atoms with van der Waals surface area (Å²) in [6.07, 6.45) is 3.22. The third-order valence-electron chi connectivity index (χ3n) is 5.73. The van der Waals surface area contributed by atoms with E-state index in [4.69, 9.17) is 14.9 Å². The minimum absolute atomic E-state index is 0. The molecule has 3 N–H and O–H groups in total. The lowest BCUT2D eigenvalue weighted by Gasteiger charge is -2.23. The molecule has 4 rings (SSSR count). The van der Waals surface area contributed by atoms with Crippen molar-refractivity contribution in [1.29, 1.82) is 0 Å². The van der Waals surface area contributed by atoms with E-state index < -0.39 is 10.0 Å². The number of nitrogens with one attached hydrogen (secondary N) is 1. The summed E-state index contributed by atoms with van der Waals surface area (Å²) >= 11 is 0. The Bertz CT molecular complexity index is 799. The number of hydrogen-bond acceptors (Lipinski definition) is 4. The smallest absolute Gasteiger partial charge is 0.238 e. The van der Waals surface area contributed by atoms with E-state index in [0.717, 1.165) is 31.2 Å². The van der Waals surface area contributed by atoms with Crippen LogP contribution in [0.3, 0.4) is 0 Å². The summed E-state index contributed by atoms with van der Waals surface area (Å²) in [4.78, 5) is 7.20. The number of aliphatic imine (C=N–C) groups is 1. The van der Waals surface area contributed by atoms with E-state index in [1.165, 1.54) is 18.9 Å². The highest BCUT2D eigenvalue weighted by molar-refractivity contribution is 14.0. The zero-order valence-electron chi connectivity index (χ0n) is 15.4. The van der Waals surface area contributed by atoms with E-state index in [-0.39, 0.29) is 28.9 Å². The maximum atomic E-state index is 11.5. The van der Waals surface area contributed by atoms with E-state index in [1.54, 1.807) is 12.1 Å². The number of nitrogens with zero attached hydrogens (tertiary/aromatic N) is 2. The quantitative estimate of drug-likeness (QED) is 0.367. The Balaban J connectivity index is 0.00000210. The van der Waals surface area contributed by atoms with Gasteiger partial charge in [-0.1, -0.05) is 12.1 Å². The molecule has 2 bridgehead atoms. The predicted octanol–water partition coefficient (Wildman–Crippen LogP) is 1.53. The Labute approximate surface area is 177 Å². The minimum Gasteiger partial charge on any atom is -0.374 e. The van der Waals surface area contributed by atoms with Crippen LogP contribution in [0.15, 0.2) is 34.2 Å². The number of nitrogens with two attached hydrogens (primary N) is 1. The fourth-order valence-corrected chi connectivity index (χ4v) is 5.13. The van der Waals surface area contributed by atoms with Gasteiger partial charge in [-0.2, -0.15) is 0 Å². The maximum absolute atomic E-state index is 11.5. The number of sulfonamides is 1. The van der Waals surface area contributed by atoms with Crippen LogP contribution < -0.4 is 10.5 Å². The average molecular weight is 506 g/mol. The molecule has 9 heteroatoms. The molecule has 3 fully saturated rings. The second-order valence-corrected chi connectivity index (χ2v) is 8.95. The molecule has 27 heavy (non-hydrogen) atoms. The summed E-state index contributed by atoms with van der Waals surface area (Å²) in [7, 11) is -3.69. The molecule has 150 valence electrons. The summed E-state index contributed by atoms with van der Waals surface area (Å²) < 4.78 is 29.1. The van der Waals surface area contributed by atoms with Crippen LogP contribution in [0.1, 0.15) is 25.3 Å². The van der Waals surface area contributed by atoms with Crippen LogP contribution in [0.25, 0.3) is 0 Å². The van der Waals surface area contributed by atoms with Crippen molar-refractivity contribution in [3.05, 3.63) is 29.8 Å². The summed E-state index contributed by atoms with van der Waals surface area (Å²) in [5.41, 5.74) is 0.828. The second-order valence-electron chi connectivity index (χ2n) is 7.39. The van der Waals surface area contributed by atoms with Crippen molar-refractivity contribution in [1.82, 2.24) is 10.2 Å². The Morgan fingerprint density at radius 3 is 2.56 bits per heavy atom. The van der Waals surface area contributed by atoms with Crippen LogP contribution in [0.2, 0.25) is 0 Å². The fraction of sp³-hybridized carbons (Fsp3) is 0.611. The lowest BCUT2D eigenvalue weighted by molar-refractivity contribution is 0.0767.